The van der Waals surface area contributed by atoms with Crippen LogP contribution >= 0.6 is 0 Å². The summed E-state index contributed by atoms with van der Waals surface area (Å²) in [4.78, 5) is 12.6. The van der Waals surface area contributed by atoms with E-state index in [0.29, 0.717) is 35.8 Å². The highest BCUT2D eigenvalue weighted by Crippen LogP contribution is 2.28. The van der Waals surface area contributed by atoms with E-state index in [9.17, 15) is 4.79 Å². The van der Waals surface area contributed by atoms with Crippen LogP contribution in [0.4, 0.5) is 0 Å². The van der Waals surface area contributed by atoms with Crippen LogP contribution in [0.2, 0.25) is 0 Å². The van der Waals surface area contributed by atoms with E-state index in [-0.39, 0.29) is 0 Å². The molecule has 0 heterocycles. The Morgan fingerprint density at radius 2 is 1.42 bits per heavy atom. The second kappa shape index (κ2) is 14.5. The molecule has 0 spiro atoms. The second-order valence-electron chi connectivity index (χ2n) is 8.28. The van der Waals surface area contributed by atoms with Crippen LogP contribution in [0.3, 0.4) is 0 Å². The van der Waals surface area contributed by atoms with Crippen LogP contribution in [-0.4, -0.2) is 54.7 Å². The molecule has 0 radical (unpaired) electrons. The van der Waals surface area contributed by atoms with Gasteiger partial charge < -0.3 is 33.7 Å². The normalized spacial score (nSPS) is 11.0. The molecule has 0 aromatic heterocycles. The van der Waals surface area contributed by atoms with Crippen molar-refractivity contribution in [3.8, 4) is 28.7 Å². The maximum Gasteiger partial charge on any atom is 0.338 e. The molecule has 0 fully saturated rings. The van der Waals surface area contributed by atoms with Crippen molar-refractivity contribution in [3.63, 3.8) is 0 Å². The summed E-state index contributed by atoms with van der Waals surface area (Å²) in [6.45, 7) is 2.02. The Bertz CT molecular complexity index is 1200. The first-order valence-corrected chi connectivity index (χ1v) is 12.2. The summed E-state index contributed by atoms with van der Waals surface area (Å²) in [5.74, 6) is 3.08. The molecule has 3 rings (SSSR count). The molecule has 202 valence electrons. The Morgan fingerprint density at radius 1 is 0.763 bits per heavy atom. The monoisotopic (exact) mass is 521 g/mol. The average Bonchev–Trinajstić information content (AvgIpc) is 2.97. The van der Waals surface area contributed by atoms with Gasteiger partial charge in [-0.25, -0.2) is 4.79 Å². The third-order valence-electron chi connectivity index (χ3n) is 5.83. The van der Waals surface area contributed by atoms with Gasteiger partial charge >= 0.3 is 5.97 Å². The fraction of sp³-hybridized carbons (Fsp3) is 0.300. The Morgan fingerprint density at radius 3 is 2.03 bits per heavy atom. The quantitative estimate of drug-likeness (QED) is 0.137. The van der Waals surface area contributed by atoms with Gasteiger partial charge in [-0.1, -0.05) is 18.2 Å². The highest BCUT2D eigenvalue weighted by atomic mass is 16.5. The van der Waals surface area contributed by atoms with Gasteiger partial charge in [0.25, 0.3) is 0 Å². The maximum atomic E-state index is 12.6. The maximum absolute atomic E-state index is 12.6. The molecule has 0 unspecified atom stereocenters. The van der Waals surface area contributed by atoms with Gasteiger partial charge in [0, 0.05) is 24.2 Å². The molecule has 38 heavy (non-hydrogen) atoms. The zero-order valence-corrected chi connectivity index (χ0v) is 22.5. The number of benzene rings is 3. The van der Waals surface area contributed by atoms with E-state index in [0.717, 1.165) is 41.3 Å². The number of ether oxygens (including phenoxy) is 6. The lowest BCUT2D eigenvalue weighted by Crippen LogP contribution is -2.17. The van der Waals surface area contributed by atoms with E-state index in [1.807, 2.05) is 54.6 Å². The van der Waals surface area contributed by atoms with Crippen molar-refractivity contribution >= 4 is 17.6 Å². The number of esters is 1. The molecule has 8 nitrogen and oxygen atoms in total. The van der Waals surface area contributed by atoms with Crippen molar-refractivity contribution in [1.82, 2.24) is 5.32 Å². The lowest BCUT2D eigenvalue weighted by atomic mass is 10.0. The van der Waals surface area contributed by atoms with Crippen LogP contribution in [0, 0.1) is 0 Å². The van der Waals surface area contributed by atoms with Crippen LogP contribution in [0.1, 0.15) is 23.1 Å². The minimum absolute atomic E-state index is 0.410. The first-order chi connectivity index (χ1) is 18.5. The molecule has 0 saturated heterocycles. The van der Waals surface area contributed by atoms with Crippen molar-refractivity contribution < 1.29 is 33.2 Å². The fourth-order valence-corrected chi connectivity index (χ4v) is 3.79. The van der Waals surface area contributed by atoms with Crippen LogP contribution in [0.15, 0.2) is 60.7 Å². The first-order valence-electron chi connectivity index (χ1n) is 12.2. The number of nitrogens with one attached hydrogen (secondary N) is 1. The molecule has 0 bridgehead atoms. The Balaban J connectivity index is 1.56. The van der Waals surface area contributed by atoms with Gasteiger partial charge in [0.05, 0.1) is 47.7 Å². The average molecular weight is 522 g/mol. The van der Waals surface area contributed by atoms with E-state index in [2.05, 4.69) is 5.32 Å². The number of carbonyl (C=O) groups is 1. The highest BCUT2D eigenvalue weighted by molar-refractivity contribution is 6.21. The number of methoxy groups -OCH3 is 5. The molecule has 8 heteroatoms. The fourth-order valence-electron chi connectivity index (χ4n) is 3.79. The smallest absolute Gasteiger partial charge is 0.338 e. The summed E-state index contributed by atoms with van der Waals surface area (Å²) in [7, 11) is 7.80. The lowest BCUT2D eigenvalue weighted by Gasteiger charge is -2.12. The molecule has 3 aromatic rings. The van der Waals surface area contributed by atoms with E-state index >= 15 is 0 Å². The zero-order chi connectivity index (χ0) is 27.3. The van der Waals surface area contributed by atoms with Gasteiger partial charge in [0.2, 0.25) is 0 Å². The van der Waals surface area contributed by atoms with E-state index < -0.39 is 5.97 Å². The minimum Gasteiger partial charge on any atom is -0.497 e. The summed E-state index contributed by atoms with van der Waals surface area (Å²) >= 11 is 0. The Labute approximate surface area is 224 Å². The molecular formula is C30H35NO7. The second-order valence-corrected chi connectivity index (χ2v) is 8.28. The van der Waals surface area contributed by atoms with Crippen molar-refractivity contribution in [2.75, 3.05) is 48.7 Å². The van der Waals surface area contributed by atoms with Crippen LogP contribution < -0.4 is 29.0 Å². The molecule has 0 saturated carbocycles. The van der Waals surface area contributed by atoms with Crippen molar-refractivity contribution in [2.45, 2.75) is 13.0 Å². The number of hydrogen-bond donors (Lipinski definition) is 1. The summed E-state index contributed by atoms with van der Waals surface area (Å²) in [6, 6.07) is 18.6. The van der Waals surface area contributed by atoms with E-state index in [1.54, 1.807) is 40.6 Å². The minimum atomic E-state index is -0.444. The topological polar surface area (TPSA) is 84.5 Å². The molecule has 0 aliphatic heterocycles. The molecular weight excluding hydrogens is 486 g/mol. The van der Waals surface area contributed by atoms with Gasteiger partial charge in [0.1, 0.15) is 28.7 Å². The molecule has 0 aliphatic rings. The van der Waals surface area contributed by atoms with Gasteiger partial charge in [-0.2, -0.15) is 0 Å². The molecule has 3 aromatic carbocycles. The summed E-state index contributed by atoms with van der Waals surface area (Å²) in [5.41, 5.74) is 2.93. The molecule has 0 amide bonds. The Kier molecular flexibility index (Phi) is 10.9. The summed E-state index contributed by atoms with van der Waals surface area (Å²) in [6.07, 6.45) is 2.57. The number of hydrogen-bond acceptors (Lipinski definition) is 8. The van der Waals surface area contributed by atoms with Crippen LogP contribution in [0.25, 0.3) is 11.6 Å². The third-order valence-corrected chi connectivity index (χ3v) is 5.83. The molecule has 1 N–H and O–H groups in total. The molecule has 0 aliphatic carbocycles. The molecule has 0 atom stereocenters. The first kappa shape index (κ1) is 28.4. The van der Waals surface area contributed by atoms with Gasteiger partial charge in [-0.3, -0.25) is 0 Å². The predicted octanol–water partition coefficient (Wildman–Crippen LogP) is 4.99. The Hall–Kier alpha value is -4.17. The van der Waals surface area contributed by atoms with Crippen molar-refractivity contribution in [2.24, 2.45) is 0 Å². The van der Waals surface area contributed by atoms with Gasteiger partial charge in [-0.05, 0) is 60.5 Å². The van der Waals surface area contributed by atoms with Gasteiger partial charge in [0.15, 0.2) is 0 Å². The zero-order valence-electron chi connectivity index (χ0n) is 22.5. The van der Waals surface area contributed by atoms with Crippen LogP contribution in [-0.2, 0) is 16.1 Å². The summed E-state index contributed by atoms with van der Waals surface area (Å²) < 4.78 is 32.3. The highest BCUT2D eigenvalue weighted by Gasteiger charge is 2.14. The SMILES string of the molecule is COC(=O)/C(=C/c1cc(OC)cc(OC)c1)c1ccc(OCCCNCc2ccc(OC)cc2OC)cc1. The summed E-state index contributed by atoms with van der Waals surface area (Å²) in [5, 5.41) is 3.41. The van der Waals surface area contributed by atoms with Crippen molar-refractivity contribution in [1.29, 1.82) is 0 Å². The third kappa shape index (κ3) is 7.91. The van der Waals surface area contributed by atoms with E-state index in [4.69, 9.17) is 28.4 Å². The van der Waals surface area contributed by atoms with E-state index in [1.165, 1.54) is 7.11 Å². The lowest BCUT2D eigenvalue weighted by molar-refractivity contribution is -0.133. The number of rotatable bonds is 14. The standard InChI is InChI=1S/C30H35NO7/c1-33-25-12-9-23(29(19-25)36-4)20-31-13-6-14-38-24-10-7-22(8-11-24)28(30(32)37-5)17-21-15-26(34-2)18-27(16-21)35-3/h7-12,15-19,31H,6,13-14,20H2,1-5H3/b28-17+. The van der Waals surface area contributed by atoms with Crippen LogP contribution in [0.5, 0.6) is 28.7 Å². The predicted molar refractivity (Wildman–Crippen MR) is 147 cm³/mol. The number of carbonyl (C=O) groups excluding carboxylic acids is 1. The van der Waals surface area contributed by atoms with Crippen molar-refractivity contribution in [3.05, 3.63) is 77.4 Å². The van der Waals surface area contributed by atoms with Gasteiger partial charge in [-0.15, -0.1) is 0 Å². The largest absolute Gasteiger partial charge is 0.497 e.